The standard InChI is InChI=1S/C30H34N4O3/c35-28-26(29(36)32-24-12-4-2-1-3-5-13-24)20-33(19-25-14-8-9-16-31-25)21-27(28)30(37)34-17-15-22-10-6-7-11-23(22)18-34/h6-11,14,16,20-21,24H,1-5,12-13,15,17-19H2,(H,32,36). The van der Waals surface area contributed by atoms with Crippen molar-refractivity contribution in [2.75, 3.05) is 6.54 Å². The Labute approximate surface area is 217 Å². The van der Waals surface area contributed by atoms with Gasteiger partial charge in [-0.1, -0.05) is 62.4 Å². The fourth-order valence-corrected chi connectivity index (χ4v) is 5.42. The molecular formula is C30H34N4O3. The molecule has 0 saturated heterocycles. The Hall–Kier alpha value is -3.74. The summed E-state index contributed by atoms with van der Waals surface area (Å²) in [5.41, 5.74) is 2.63. The van der Waals surface area contributed by atoms with Gasteiger partial charge in [0.15, 0.2) is 0 Å². The molecule has 3 heterocycles. The summed E-state index contributed by atoms with van der Waals surface area (Å²) in [5, 5.41) is 3.10. The lowest BCUT2D eigenvalue weighted by molar-refractivity contribution is 0.0732. The monoisotopic (exact) mass is 498 g/mol. The largest absolute Gasteiger partial charge is 0.349 e. The minimum Gasteiger partial charge on any atom is -0.349 e. The van der Waals surface area contributed by atoms with Crippen LogP contribution in [0.1, 0.15) is 82.5 Å². The van der Waals surface area contributed by atoms with Crippen molar-refractivity contribution in [1.82, 2.24) is 19.8 Å². The number of rotatable bonds is 5. The summed E-state index contributed by atoms with van der Waals surface area (Å²) in [4.78, 5) is 46.7. The molecule has 2 aliphatic rings. The second-order valence-electron chi connectivity index (χ2n) is 10.2. The molecule has 3 aromatic rings. The molecule has 1 aromatic carbocycles. The summed E-state index contributed by atoms with van der Waals surface area (Å²) < 4.78 is 1.74. The minimum atomic E-state index is -0.510. The summed E-state index contributed by atoms with van der Waals surface area (Å²) in [7, 11) is 0. The average Bonchev–Trinajstić information content (AvgIpc) is 2.91. The van der Waals surface area contributed by atoms with Crippen LogP contribution in [0.2, 0.25) is 0 Å². The van der Waals surface area contributed by atoms with Crippen LogP contribution >= 0.6 is 0 Å². The number of benzene rings is 1. The molecule has 7 heteroatoms. The first-order chi connectivity index (χ1) is 18.1. The predicted molar refractivity (Wildman–Crippen MR) is 143 cm³/mol. The van der Waals surface area contributed by atoms with E-state index in [1.807, 2.05) is 36.4 Å². The van der Waals surface area contributed by atoms with E-state index in [4.69, 9.17) is 0 Å². The third-order valence-corrected chi connectivity index (χ3v) is 7.48. The zero-order chi connectivity index (χ0) is 25.6. The Morgan fingerprint density at radius 3 is 2.35 bits per heavy atom. The molecular weight excluding hydrogens is 464 g/mol. The van der Waals surface area contributed by atoms with E-state index in [0.29, 0.717) is 19.6 Å². The lowest BCUT2D eigenvalue weighted by Crippen LogP contribution is -2.42. The highest BCUT2D eigenvalue weighted by Gasteiger charge is 2.27. The number of amides is 2. The molecule has 37 heavy (non-hydrogen) atoms. The van der Waals surface area contributed by atoms with Gasteiger partial charge in [-0.2, -0.15) is 0 Å². The van der Waals surface area contributed by atoms with Gasteiger partial charge in [0.05, 0.1) is 12.2 Å². The quantitative estimate of drug-likeness (QED) is 0.567. The molecule has 0 spiro atoms. The maximum atomic E-state index is 13.6. The number of hydrogen-bond acceptors (Lipinski definition) is 4. The second kappa shape index (κ2) is 11.5. The molecule has 1 saturated carbocycles. The van der Waals surface area contributed by atoms with Crippen molar-refractivity contribution in [1.29, 1.82) is 0 Å². The van der Waals surface area contributed by atoms with Crippen LogP contribution in [0.5, 0.6) is 0 Å². The SMILES string of the molecule is O=C(NC1CCCCCCC1)c1cn(Cc2ccccn2)cc(C(=O)N2CCc3ccccc3C2)c1=O. The van der Waals surface area contributed by atoms with Crippen molar-refractivity contribution in [3.63, 3.8) is 0 Å². The van der Waals surface area contributed by atoms with E-state index in [0.717, 1.165) is 43.4 Å². The Kier molecular flexibility index (Phi) is 7.78. The van der Waals surface area contributed by atoms with Gasteiger partial charge >= 0.3 is 0 Å². The molecule has 0 bridgehead atoms. The summed E-state index contributed by atoms with van der Waals surface area (Å²) in [6.45, 7) is 1.34. The number of nitrogens with one attached hydrogen (secondary N) is 1. The topological polar surface area (TPSA) is 84.3 Å². The van der Waals surface area contributed by atoms with Crippen LogP contribution in [0, 0.1) is 0 Å². The molecule has 5 rings (SSSR count). The number of hydrogen-bond donors (Lipinski definition) is 1. The summed E-state index contributed by atoms with van der Waals surface area (Å²) in [5.74, 6) is -0.737. The molecule has 0 atom stereocenters. The van der Waals surface area contributed by atoms with Crippen LogP contribution < -0.4 is 10.7 Å². The van der Waals surface area contributed by atoms with Crippen LogP contribution in [-0.4, -0.2) is 38.9 Å². The van der Waals surface area contributed by atoms with Gasteiger partial charge in [-0.3, -0.25) is 19.4 Å². The highest BCUT2D eigenvalue weighted by molar-refractivity contribution is 5.99. The second-order valence-corrected chi connectivity index (χ2v) is 10.2. The van der Waals surface area contributed by atoms with Crippen LogP contribution in [0.25, 0.3) is 0 Å². The van der Waals surface area contributed by atoms with Gasteiger partial charge in [-0.15, -0.1) is 0 Å². The van der Waals surface area contributed by atoms with Crippen molar-refractivity contribution in [2.24, 2.45) is 0 Å². The first kappa shape index (κ1) is 24.9. The Bertz CT molecular complexity index is 1310. The third-order valence-electron chi connectivity index (χ3n) is 7.48. The molecule has 0 unspecified atom stereocenters. The van der Waals surface area contributed by atoms with E-state index in [1.54, 1.807) is 28.1 Å². The van der Waals surface area contributed by atoms with E-state index in [2.05, 4.69) is 16.4 Å². The van der Waals surface area contributed by atoms with Gasteiger partial charge in [0.2, 0.25) is 5.43 Å². The highest BCUT2D eigenvalue weighted by atomic mass is 16.2. The molecule has 0 radical (unpaired) electrons. The number of carbonyl (C=O) groups excluding carboxylic acids is 2. The normalized spacial score (nSPS) is 16.4. The van der Waals surface area contributed by atoms with Gasteiger partial charge < -0.3 is 14.8 Å². The Balaban J connectivity index is 1.45. The highest BCUT2D eigenvalue weighted by Crippen LogP contribution is 2.20. The maximum Gasteiger partial charge on any atom is 0.259 e. The maximum absolute atomic E-state index is 13.6. The zero-order valence-electron chi connectivity index (χ0n) is 21.2. The van der Waals surface area contributed by atoms with Crippen molar-refractivity contribution in [2.45, 2.75) is 70.5 Å². The molecule has 192 valence electrons. The van der Waals surface area contributed by atoms with Crippen LogP contribution in [0.15, 0.2) is 65.8 Å². The number of pyridine rings is 2. The molecule has 1 aliphatic carbocycles. The van der Waals surface area contributed by atoms with Crippen LogP contribution in [0.4, 0.5) is 0 Å². The number of carbonyl (C=O) groups is 2. The minimum absolute atomic E-state index is 0.0150. The fraction of sp³-hybridized carbons (Fsp3) is 0.400. The predicted octanol–water partition coefficient (Wildman–Crippen LogP) is 4.33. The zero-order valence-corrected chi connectivity index (χ0v) is 21.2. The van der Waals surface area contributed by atoms with E-state index in [1.165, 1.54) is 24.8 Å². The average molecular weight is 499 g/mol. The third kappa shape index (κ3) is 5.98. The lowest BCUT2D eigenvalue weighted by atomic mass is 9.96. The molecule has 7 nitrogen and oxygen atoms in total. The number of nitrogens with zero attached hydrogens (tertiary/aromatic N) is 3. The van der Waals surface area contributed by atoms with Crippen LogP contribution in [0.3, 0.4) is 0 Å². The van der Waals surface area contributed by atoms with Crippen molar-refractivity contribution >= 4 is 11.8 Å². The molecule has 1 aliphatic heterocycles. The number of aromatic nitrogens is 2. The van der Waals surface area contributed by atoms with Gasteiger partial charge in [0.25, 0.3) is 11.8 Å². The van der Waals surface area contributed by atoms with Gasteiger partial charge in [-0.25, -0.2) is 0 Å². The summed E-state index contributed by atoms with van der Waals surface area (Å²) >= 11 is 0. The van der Waals surface area contributed by atoms with Gasteiger partial charge in [-0.05, 0) is 42.5 Å². The fourth-order valence-electron chi connectivity index (χ4n) is 5.42. The summed E-state index contributed by atoms with van der Waals surface area (Å²) in [6.07, 6.45) is 13.2. The summed E-state index contributed by atoms with van der Waals surface area (Å²) in [6, 6.07) is 13.7. The van der Waals surface area contributed by atoms with Crippen molar-refractivity contribution in [3.05, 3.63) is 99.2 Å². The lowest BCUT2D eigenvalue weighted by Gasteiger charge is -2.29. The smallest absolute Gasteiger partial charge is 0.259 e. The molecule has 2 aromatic heterocycles. The van der Waals surface area contributed by atoms with E-state index >= 15 is 0 Å². The Morgan fingerprint density at radius 2 is 1.59 bits per heavy atom. The van der Waals surface area contributed by atoms with Crippen molar-refractivity contribution in [3.8, 4) is 0 Å². The molecule has 2 amide bonds. The molecule has 1 N–H and O–H groups in total. The number of fused-ring (bicyclic) bond motifs is 1. The van der Waals surface area contributed by atoms with Crippen molar-refractivity contribution < 1.29 is 9.59 Å². The Morgan fingerprint density at radius 1 is 0.892 bits per heavy atom. The van der Waals surface area contributed by atoms with E-state index in [9.17, 15) is 14.4 Å². The first-order valence-electron chi connectivity index (χ1n) is 13.4. The van der Waals surface area contributed by atoms with Gasteiger partial charge in [0, 0.05) is 37.7 Å². The van der Waals surface area contributed by atoms with Crippen LogP contribution in [-0.2, 0) is 19.5 Å². The van der Waals surface area contributed by atoms with Gasteiger partial charge in [0.1, 0.15) is 11.1 Å². The first-order valence-corrected chi connectivity index (χ1v) is 13.4. The van der Waals surface area contributed by atoms with E-state index in [-0.39, 0.29) is 23.1 Å². The molecule has 1 fully saturated rings. The van der Waals surface area contributed by atoms with E-state index < -0.39 is 11.3 Å².